The van der Waals surface area contributed by atoms with Crippen LogP contribution >= 0.6 is 11.3 Å². The van der Waals surface area contributed by atoms with Crippen molar-refractivity contribution in [1.29, 1.82) is 5.26 Å². The van der Waals surface area contributed by atoms with Gasteiger partial charge in [-0.1, -0.05) is 13.0 Å². The Bertz CT molecular complexity index is 586. The molecule has 0 bridgehead atoms. The van der Waals surface area contributed by atoms with Gasteiger partial charge in [-0.05, 0) is 30.7 Å². The molecule has 0 spiro atoms. The molecule has 0 amide bonds. The zero-order chi connectivity index (χ0) is 13.7. The minimum atomic E-state index is -0.322. The van der Waals surface area contributed by atoms with Crippen molar-refractivity contribution >= 4 is 17.0 Å². The van der Waals surface area contributed by atoms with Crippen molar-refractivity contribution in [2.45, 2.75) is 19.4 Å². The molecule has 4 heteroatoms. The summed E-state index contributed by atoms with van der Waals surface area (Å²) < 4.78 is 5.18. The lowest BCUT2D eigenvalue weighted by Gasteiger charge is -2.12. The maximum Gasteiger partial charge on any atom is 0.149 e. The summed E-state index contributed by atoms with van der Waals surface area (Å²) in [5.74, 6) is 0.780. The van der Waals surface area contributed by atoms with Crippen LogP contribution in [0.4, 0.5) is 5.69 Å². The monoisotopic (exact) mass is 272 g/mol. The molecule has 1 atom stereocenters. The summed E-state index contributed by atoms with van der Waals surface area (Å²) in [6.07, 6.45) is 1.00. The molecule has 1 aromatic carbocycles. The first-order valence-electron chi connectivity index (χ1n) is 6.15. The number of methoxy groups -OCH3 is 1. The highest BCUT2D eigenvalue weighted by molar-refractivity contribution is 7.12. The van der Waals surface area contributed by atoms with Gasteiger partial charge in [0.25, 0.3) is 0 Å². The summed E-state index contributed by atoms with van der Waals surface area (Å²) in [6.45, 7) is 2.12. The van der Waals surface area contributed by atoms with Gasteiger partial charge < -0.3 is 10.1 Å². The van der Waals surface area contributed by atoms with E-state index in [4.69, 9.17) is 4.74 Å². The molecule has 0 saturated carbocycles. The number of hydrogen-bond acceptors (Lipinski definition) is 4. The van der Waals surface area contributed by atoms with Crippen LogP contribution in [0.15, 0.2) is 36.4 Å². The smallest absolute Gasteiger partial charge is 0.149 e. The third kappa shape index (κ3) is 3.27. The van der Waals surface area contributed by atoms with Crippen LogP contribution in [0.5, 0.6) is 5.75 Å². The normalized spacial score (nSPS) is 11.6. The molecule has 1 N–H and O–H groups in total. The first kappa shape index (κ1) is 13.4. The fraction of sp³-hybridized carbons (Fsp3) is 0.267. The molecule has 0 fully saturated rings. The lowest BCUT2D eigenvalue weighted by molar-refractivity contribution is 0.415. The molecular formula is C15H16N2OS. The highest BCUT2D eigenvalue weighted by Crippen LogP contribution is 2.27. The second-order valence-corrected chi connectivity index (χ2v) is 5.30. The molecule has 1 heterocycles. The lowest BCUT2D eigenvalue weighted by Crippen LogP contribution is -2.06. The van der Waals surface area contributed by atoms with E-state index in [0.717, 1.165) is 22.7 Å². The molecule has 0 aliphatic carbocycles. The van der Waals surface area contributed by atoms with E-state index in [0.29, 0.717) is 0 Å². The fourth-order valence-corrected chi connectivity index (χ4v) is 2.73. The zero-order valence-corrected chi connectivity index (χ0v) is 11.8. The minimum Gasteiger partial charge on any atom is -0.497 e. The number of thiophene rings is 1. The van der Waals surface area contributed by atoms with Gasteiger partial charge in [0, 0.05) is 21.5 Å². The molecule has 0 saturated heterocycles. The molecule has 19 heavy (non-hydrogen) atoms. The Labute approximate surface area is 117 Å². The van der Waals surface area contributed by atoms with Crippen LogP contribution in [0.25, 0.3) is 0 Å². The summed E-state index contributed by atoms with van der Waals surface area (Å²) in [5, 5.41) is 12.5. The van der Waals surface area contributed by atoms with Crippen LogP contribution in [0.1, 0.15) is 22.7 Å². The topological polar surface area (TPSA) is 45.0 Å². The highest BCUT2D eigenvalue weighted by atomic mass is 32.1. The molecular weight excluding hydrogens is 256 g/mol. The molecule has 98 valence electrons. The first-order chi connectivity index (χ1) is 9.26. The van der Waals surface area contributed by atoms with Crippen LogP contribution in [0.3, 0.4) is 0 Å². The minimum absolute atomic E-state index is 0.322. The molecule has 2 aromatic rings. The van der Waals surface area contributed by atoms with Crippen molar-refractivity contribution in [3.63, 3.8) is 0 Å². The number of rotatable bonds is 5. The zero-order valence-electron chi connectivity index (χ0n) is 11.0. The van der Waals surface area contributed by atoms with Gasteiger partial charge in [0.05, 0.1) is 13.2 Å². The lowest BCUT2D eigenvalue weighted by atomic mass is 10.2. The van der Waals surface area contributed by atoms with E-state index in [-0.39, 0.29) is 6.04 Å². The molecule has 0 aliphatic heterocycles. The number of benzene rings is 1. The summed E-state index contributed by atoms with van der Waals surface area (Å²) in [7, 11) is 1.63. The molecule has 0 aliphatic rings. The van der Waals surface area contributed by atoms with E-state index in [2.05, 4.69) is 24.4 Å². The molecule has 1 aromatic heterocycles. The third-order valence-corrected chi connectivity index (χ3v) is 4.12. The SMILES string of the molecule is CCc1ccc(C(C#N)Nc2cccc(OC)c2)s1. The number of nitrogens with one attached hydrogen (secondary N) is 1. The van der Waals surface area contributed by atoms with E-state index in [1.165, 1.54) is 4.88 Å². The van der Waals surface area contributed by atoms with Gasteiger partial charge in [-0.3, -0.25) is 0 Å². The fourth-order valence-electron chi connectivity index (χ4n) is 1.79. The first-order valence-corrected chi connectivity index (χ1v) is 6.97. The van der Waals surface area contributed by atoms with Crippen molar-refractivity contribution in [3.8, 4) is 11.8 Å². The van der Waals surface area contributed by atoms with Gasteiger partial charge in [0.15, 0.2) is 0 Å². The van der Waals surface area contributed by atoms with E-state index < -0.39 is 0 Å². The Morgan fingerprint density at radius 1 is 1.37 bits per heavy atom. The number of aryl methyl sites for hydroxylation is 1. The highest BCUT2D eigenvalue weighted by Gasteiger charge is 2.13. The Kier molecular flexibility index (Phi) is 4.43. The van der Waals surface area contributed by atoms with Crippen molar-refractivity contribution in [3.05, 3.63) is 46.2 Å². The average Bonchev–Trinajstić information content (AvgIpc) is 2.93. The second kappa shape index (κ2) is 6.26. The Hall–Kier alpha value is -1.99. The number of hydrogen-bond donors (Lipinski definition) is 1. The average molecular weight is 272 g/mol. The number of nitrogens with zero attached hydrogens (tertiary/aromatic N) is 1. The second-order valence-electron chi connectivity index (χ2n) is 4.10. The van der Waals surface area contributed by atoms with E-state index in [1.54, 1.807) is 18.4 Å². The number of anilines is 1. The standard InChI is InChI=1S/C15H16N2OS/c1-3-13-7-8-15(19-13)14(10-16)17-11-5-4-6-12(9-11)18-2/h4-9,14,17H,3H2,1-2H3. The Balaban J connectivity index is 2.16. The van der Waals surface area contributed by atoms with Crippen LogP contribution in [-0.4, -0.2) is 7.11 Å². The van der Waals surface area contributed by atoms with Crippen LogP contribution in [0, 0.1) is 11.3 Å². The van der Waals surface area contributed by atoms with Crippen molar-refractivity contribution in [2.75, 3.05) is 12.4 Å². The summed E-state index contributed by atoms with van der Waals surface area (Å²) in [6, 6.07) is 13.7. The Morgan fingerprint density at radius 3 is 2.84 bits per heavy atom. The third-order valence-electron chi connectivity index (χ3n) is 2.83. The maximum absolute atomic E-state index is 9.31. The predicted octanol–water partition coefficient (Wildman–Crippen LogP) is 4.00. The Morgan fingerprint density at radius 2 is 2.21 bits per heavy atom. The van der Waals surface area contributed by atoms with Gasteiger partial charge in [-0.25, -0.2) is 0 Å². The number of ether oxygens (including phenoxy) is 1. The number of nitriles is 1. The molecule has 1 unspecified atom stereocenters. The van der Waals surface area contributed by atoms with Gasteiger partial charge in [0.1, 0.15) is 11.8 Å². The van der Waals surface area contributed by atoms with Crippen molar-refractivity contribution in [1.82, 2.24) is 0 Å². The summed E-state index contributed by atoms with van der Waals surface area (Å²) in [4.78, 5) is 2.34. The van der Waals surface area contributed by atoms with Crippen molar-refractivity contribution < 1.29 is 4.74 Å². The van der Waals surface area contributed by atoms with Gasteiger partial charge in [-0.2, -0.15) is 5.26 Å². The van der Waals surface area contributed by atoms with Crippen LogP contribution < -0.4 is 10.1 Å². The van der Waals surface area contributed by atoms with Crippen molar-refractivity contribution in [2.24, 2.45) is 0 Å². The van der Waals surface area contributed by atoms with E-state index in [9.17, 15) is 5.26 Å². The van der Waals surface area contributed by atoms with Gasteiger partial charge in [0.2, 0.25) is 0 Å². The summed E-state index contributed by atoms with van der Waals surface area (Å²) >= 11 is 1.68. The largest absolute Gasteiger partial charge is 0.497 e. The van der Waals surface area contributed by atoms with Gasteiger partial charge in [-0.15, -0.1) is 11.3 Å². The molecule has 0 radical (unpaired) electrons. The quantitative estimate of drug-likeness (QED) is 0.895. The maximum atomic E-state index is 9.31. The molecule has 3 nitrogen and oxygen atoms in total. The van der Waals surface area contributed by atoms with Crippen LogP contribution in [-0.2, 0) is 6.42 Å². The van der Waals surface area contributed by atoms with E-state index >= 15 is 0 Å². The summed E-state index contributed by atoms with van der Waals surface area (Å²) in [5.41, 5.74) is 0.886. The predicted molar refractivity (Wildman–Crippen MR) is 78.7 cm³/mol. The molecule has 2 rings (SSSR count). The van der Waals surface area contributed by atoms with Crippen LogP contribution in [0.2, 0.25) is 0 Å². The van der Waals surface area contributed by atoms with Gasteiger partial charge >= 0.3 is 0 Å². The van der Waals surface area contributed by atoms with E-state index in [1.807, 2.05) is 30.3 Å².